The molecule has 2 nitrogen and oxygen atoms in total. The van der Waals surface area contributed by atoms with E-state index in [-0.39, 0.29) is 0 Å². The summed E-state index contributed by atoms with van der Waals surface area (Å²) in [7, 11) is 0. The first-order chi connectivity index (χ1) is 6.18. The Morgan fingerprint density at radius 1 is 1.54 bits per heavy atom. The van der Waals surface area contributed by atoms with Crippen LogP contribution in [0.4, 0.5) is 0 Å². The SMILES string of the molecule is Cc1[c]nn(CC2CC2)c1C(C)C. The molecule has 0 saturated heterocycles. The Morgan fingerprint density at radius 2 is 2.23 bits per heavy atom. The smallest absolute Gasteiger partial charge is 0.116 e. The lowest BCUT2D eigenvalue weighted by molar-refractivity contribution is 0.525. The van der Waals surface area contributed by atoms with Crippen molar-refractivity contribution in [2.75, 3.05) is 0 Å². The first-order valence-corrected chi connectivity index (χ1v) is 5.13. The van der Waals surface area contributed by atoms with Crippen LogP contribution >= 0.6 is 0 Å². The fourth-order valence-electron chi connectivity index (χ4n) is 1.86. The van der Waals surface area contributed by atoms with Crippen molar-refractivity contribution in [3.05, 3.63) is 17.5 Å². The summed E-state index contributed by atoms with van der Waals surface area (Å²) in [5.41, 5.74) is 2.59. The Hall–Kier alpha value is -0.790. The summed E-state index contributed by atoms with van der Waals surface area (Å²) < 4.78 is 2.15. The minimum Gasteiger partial charge on any atom is -0.268 e. The molecule has 71 valence electrons. The van der Waals surface area contributed by atoms with Crippen molar-refractivity contribution in [1.29, 1.82) is 0 Å². The number of aryl methyl sites for hydroxylation is 1. The lowest BCUT2D eigenvalue weighted by Gasteiger charge is -2.10. The molecule has 0 aliphatic heterocycles. The Balaban J connectivity index is 2.22. The largest absolute Gasteiger partial charge is 0.268 e. The number of rotatable bonds is 3. The van der Waals surface area contributed by atoms with E-state index in [1.165, 1.54) is 24.1 Å². The molecule has 0 bridgehead atoms. The van der Waals surface area contributed by atoms with E-state index in [4.69, 9.17) is 0 Å². The molecule has 0 amide bonds. The standard InChI is InChI=1S/C11H17N2/c1-8(2)11-9(3)6-12-13(11)7-10-4-5-10/h8,10H,4-5,7H2,1-3H3. The van der Waals surface area contributed by atoms with Crippen molar-refractivity contribution < 1.29 is 0 Å². The molecule has 1 saturated carbocycles. The zero-order chi connectivity index (χ0) is 9.42. The van der Waals surface area contributed by atoms with Gasteiger partial charge in [0.05, 0.1) is 0 Å². The molecule has 0 atom stereocenters. The Morgan fingerprint density at radius 3 is 2.77 bits per heavy atom. The van der Waals surface area contributed by atoms with Crippen LogP contribution in [0.3, 0.4) is 0 Å². The third-order valence-electron chi connectivity index (χ3n) is 2.68. The maximum Gasteiger partial charge on any atom is 0.116 e. The van der Waals surface area contributed by atoms with Gasteiger partial charge in [0, 0.05) is 17.8 Å². The van der Waals surface area contributed by atoms with Gasteiger partial charge in [0.1, 0.15) is 6.20 Å². The molecule has 1 radical (unpaired) electrons. The van der Waals surface area contributed by atoms with E-state index in [0.717, 1.165) is 12.5 Å². The summed E-state index contributed by atoms with van der Waals surface area (Å²) in [6.07, 6.45) is 5.84. The fraction of sp³-hybridized carbons (Fsp3) is 0.727. The van der Waals surface area contributed by atoms with Crippen LogP contribution in [0.1, 0.15) is 43.9 Å². The maximum absolute atomic E-state index is 4.31. The van der Waals surface area contributed by atoms with Crippen molar-refractivity contribution in [3.8, 4) is 0 Å². The van der Waals surface area contributed by atoms with Gasteiger partial charge >= 0.3 is 0 Å². The van der Waals surface area contributed by atoms with E-state index in [9.17, 15) is 0 Å². The molecule has 0 aromatic carbocycles. The number of aromatic nitrogens is 2. The average Bonchev–Trinajstić information content (AvgIpc) is 2.76. The summed E-state index contributed by atoms with van der Waals surface area (Å²) in [5, 5.41) is 4.31. The predicted molar refractivity (Wildman–Crippen MR) is 52.6 cm³/mol. The van der Waals surface area contributed by atoms with Crippen LogP contribution in [0.15, 0.2) is 0 Å². The molecule has 1 fully saturated rings. The first-order valence-electron chi connectivity index (χ1n) is 5.13. The van der Waals surface area contributed by atoms with Gasteiger partial charge in [-0.25, -0.2) is 0 Å². The average molecular weight is 177 g/mol. The Labute approximate surface area is 80.0 Å². The molecule has 0 unspecified atom stereocenters. The Bertz CT molecular complexity index is 295. The van der Waals surface area contributed by atoms with E-state index in [2.05, 4.69) is 36.7 Å². The van der Waals surface area contributed by atoms with Crippen LogP contribution in [0.5, 0.6) is 0 Å². The molecule has 0 N–H and O–H groups in total. The van der Waals surface area contributed by atoms with E-state index < -0.39 is 0 Å². The summed E-state index contributed by atoms with van der Waals surface area (Å²) >= 11 is 0. The second-order valence-corrected chi connectivity index (χ2v) is 4.40. The summed E-state index contributed by atoms with van der Waals surface area (Å²) in [6, 6.07) is 0. The molecule has 0 spiro atoms. The number of hydrogen-bond donors (Lipinski definition) is 0. The zero-order valence-electron chi connectivity index (χ0n) is 8.67. The van der Waals surface area contributed by atoms with Gasteiger partial charge in [0.2, 0.25) is 0 Å². The van der Waals surface area contributed by atoms with E-state index in [0.29, 0.717) is 5.92 Å². The van der Waals surface area contributed by atoms with Crippen LogP contribution in [0.2, 0.25) is 0 Å². The highest BCUT2D eigenvalue weighted by atomic mass is 15.3. The summed E-state index contributed by atoms with van der Waals surface area (Å²) in [4.78, 5) is 0. The second kappa shape index (κ2) is 3.17. The summed E-state index contributed by atoms with van der Waals surface area (Å²) in [6.45, 7) is 7.66. The quantitative estimate of drug-likeness (QED) is 0.693. The molecule has 2 heteroatoms. The zero-order valence-corrected chi connectivity index (χ0v) is 8.67. The molecule has 13 heavy (non-hydrogen) atoms. The van der Waals surface area contributed by atoms with Gasteiger partial charge in [-0.2, -0.15) is 5.10 Å². The third-order valence-corrected chi connectivity index (χ3v) is 2.68. The molecule has 1 heterocycles. The van der Waals surface area contributed by atoms with Gasteiger partial charge in [-0.1, -0.05) is 13.8 Å². The molecule has 1 aliphatic rings. The van der Waals surface area contributed by atoms with E-state index in [1.54, 1.807) is 0 Å². The number of nitrogens with zero attached hydrogens (tertiary/aromatic N) is 2. The molecule has 1 aromatic rings. The maximum atomic E-state index is 4.31. The normalized spacial score (nSPS) is 16.9. The van der Waals surface area contributed by atoms with Gasteiger partial charge in [0.15, 0.2) is 0 Å². The highest BCUT2D eigenvalue weighted by Crippen LogP contribution is 2.31. The second-order valence-electron chi connectivity index (χ2n) is 4.40. The lowest BCUT2D eigenvalue weighted by Crippen LogP contribution is -2.08. The topological polar surface area (TPSA) is 17.8 Å². The molecular weight excluding hydrogens is 160 g/mol. The van der Waals surface area contributed by atoms with Crippen LogP contribution in [0.25, 0.3) is 0 Å². The minimum absolute atomic E-state index is 0.567. The van der Waals surface area contributed by atoms with Gasteiger partial charge in [-0.15, -0.1) is 0 Å². The van der Waals surface area contributed by atoms with Crippen molar-refractivity contribution in [2.45, 2.75) is 46.1 Å². The molecular formula is C11H17N2. The molecule has 1 aliphatic carbocycles. The predicted octanol–water partition coefficient (Wildman–Crippen LogP) is 2.53. The van der Waals surface area contributed by atoms with Crippen LogP contribution in [-0.2, 0) is 6.54 Å². The van der Waals surface area contributed by atoms with Crippen molar-refractivity contribution in [3.63, 3.8) is 0 Å². The van der Waals surface area contributed by atoms with Gasteiger partial charge in [-0.05, 0) is 31.6 Å². The van der Waals surface area contributed by atoms with Crippen molar-refractivity contribution in [2.24, 2.45) is 5.92 Å². The third kappa shape index (κ3) is 1.77. The van der Waals surface area contributed by atoms with Crippen LogP contribution in [0, 0.1) is 19.0 Å². The molecule has 1 aromatic heterocycles. The highest BCUT2D eigenvalue weighted by Gasteiger charge is 2.24. The summed E-state index contributed by atoms with van der Waals surface area (Å²) in [5.74, 6) is 1.46. The number of hydrogen-bond acceptors (Lipinski definition) is 1. The van der Waals surface area contributed by atoms with Gasteiger partial charge < -0.3 is 0 Å². The van der Waals surface area contributed by atoms with E-state index in [1.807, 2.05) is 0 Å². The van der Waals surface area contributed by atoms with Gasteiger partial charge in [0.25, 0.3) is 0 Å². The van der Waals surface area contributed by atoms with Crippen molar-refractivity contribution in [1.82, 2.24) is 9.78 Å². The fourth-order valence-corrected chi connectivity index (χ4v) is 1.86. The first kappa shape index (κ1) is 8.79. The van der Waals surface area contributed by atoms with Crippen molar-refractivity contribution >= 4 is 0 Å². The monoisotopic (exact) mass is 177 g/mol. The van der Waals surface area contributed by atoms with E-state index >= 15 is 0 Å². The highest BCUT2D eigenvalue weighted by molar-refractivity contribution is 5.18. The molecule has 2 rings (SSSR count). The van der Waals surface area contributed by atoms with Crippen LogP contribution < -0.4 is 0 Å². The lowest BCUT2D eigenvalue weighted by atomic mass is 10.1. The van der Waals surface area contributed by atoms with Gasteiger partial charge in [-0.3, -0.25) is 4.68 Å². The minimum atomic E-state index is 0.567. The van der Waals surface area contributed by atoms with Crippen LogP contribution in [-0.4, -0.2) is 9.78 Å². The Kier molecular flexibility index (Phi) is 2.14.